The van der Waals surface area contributed by atoms with Gasteiger partial charge >= 0.3 is 5.97 Å². The fraction of sp³-hybridized carbons (Fsp3) is 0.400. The summed E-state index contributed by atoms with van der Waals surface area (Å²) in [5.41, 5.74) is 2.26. The first-order chi connectivity index (χ1) is 17.1. The minimum Gasteiger partial charge on any atom is -0.462 e. The van der Waals surface area contributed by atoms with E-state index in [-0.39, 0.29) is 29.4 Å². The molecule has 1 amide bonds. The minimum absolute atomic E-state index is 0.00452. The van der Waals surface area contributed by atoms with Crippen LogP contribution in [0.5, 0.6) is 0 Å². The number of nitrogens with one attached hydrogen (secondary N) is 1. The number of amides is 1. The molecule has 1 heterocycles. The maximum absolute atomic E-state index is 13.9. The highest BCUT2D eigenvalue weighted by Crippen LogP contribution is 2.60. The number of ether oxygens (including phenoxy) is 1. The zero-order valence-corrected chi connectivity index (χ0v) is 20.1. The van der Waals surface area contributed by atoms with E-state index < -0.39 is 5.97 Å². The summed E-state index contributed by atoms with van der Waals surface area (Å²) in [6.07, 6.45) is 6.61. The lowest BCUT2D eigenvalue weighted by Gasteiger charge is -2.55. The Kier molecular flexibility index (Phi) is 5.51. The van der Waals surface area contributed by atoms with E-state index in [0.29, 0.717) is 29.1 Å². The van der Waals surface area contributed by atoms with Gasteiger partial charge in [0.2, 0.25) is 11.8 Å². The summed E-state index contributed by atoms with van der Waals surface area (Å²) in [6.45, 7) is 2.02. The van der Waals surface area contributed by atoms with Crippen molar-refractivity contribution >= 4 is 17.8 Å². The molecule has 2 aromatic carbocycles. The summed E-state index contributed by atoms with van der Waals surface area (Å²) in [7, 11) is 0. The molecular weight excluding hydrogens is 438 g/mol. The van der Waals surface area contributed by atoms with Gasteiger partial charge in [-0.05, 0) is 68.8 Å². The molecule has 180 valence electrons. The molecule has 35 heavy (non-hydrogen) atoms. The zero-order chi connectivity index (χ0) is 24.0. The number of benzene rings is 2. The largest absolute Gasteiger partial charge is 0.462 e. The Balaban J connectivity index is 1.45. The Morgan fingerprint density at radius 2 is 1.43 bits per heavy atom. The van der Waals surface area contributed by atoms with Crippen molar-refractivity contribution in [2.24, 2.45) is 23.2 Å². The van der Waals surface area contributed by atoms with Crippen LogP contribution in [-0.4, -0.2) is 18.5 Å². The number of esters is 1. The highest BCUT2D eigenvalue weighted by molar-refractivity contribution is 6.09. The van der Waals surface area contributed by atoms with Crippen LogP contribution in [0.15, 0.2) is 65.1 Å². The molecule has 1 aromatic heterocycles. The van der Waals surface area contributed by atoms with Gasteiger partial charge in [-0.25, -0.2) is 4.79 Å². The Hall–Kier alpha value is -3.34. The molecule has 4 aliphatic carbocycles. The van der Waals surface area contributed by atoms with Gasteiger partial charge in [0.1, 0.15) is 11.3 Å². The summed E-state index contributed by atoms with van der Waals surface area (Å²) in [4.78, 5) is 27.2. The van der Waals surface area contributed by atoms with Crippen LogP contribution in [0.3, 0.4) is 0 Å². The van der Waals surface area contributed by atoms with Gasteiger partial charge in [-0.3, -0.25) is 10.1 Å². The third-order valence-corrected chi connectivity index (χ3v) is 8.23. The van der Waals surface area contributed by atoms with Crippen molar-refractivity contribution in [2.45, 2.75) is 45.4 Å². The topological polar surface area (TPSA) is 68.5 Å². The molecular formula is C30H31NO4. The van der Waals surface area contributed by atoms with E-state index in [4.69, 9.17) is 9.15 Å². The molecule has 0 saturated heterocycles. The fourth-order valence-corrected chi connectivity index (χ4v) is 7.21. The van der Waals surface area contributed by atoms with Gasteiger partial charge < -0.3 is 9.15 Å². The Bertz CT molecular complexity index is 1210. The first-order valence-electron chi connectivity index (χ1n) is 12.8. The average Bonchev–Trinajstić information content (AvgIpc) is 3.23. The van der Waals surface area contributed by atoms with Crippen LogP contribution in [0.1, 0.15) is 55.8 Å². The van der Waals surface area contributed by atoms with Gasteiger partial charge in [-0.15, -0.1) is 0 Å². The minimum atomic E-state index is -0.488. The summed E-state index contributed by atoms with van der Waals surface area (Å²) in [5, 5.41) is 3.10. The number of anilines is 1. The first-order valence-corrected chi connectivity index (χ1v) is 12.8. The van der Waals surface area contributed by atoms with Crippen LogP contribution < -0.4 is 5.32 Å². The van der Waals surface area contributed by atoms with Crippen molar-refractivity contribution in [1.29, 1.82) is 0 Å². The maximum atomic E-state index is 13.9. The Morgan fingerprint density at radius 3 is 1.97 bits per heavy atom. The zero-order valence-electron chi connectivity index (χ0n) is 20.1. The van der Waals surface area contributed by atoms with Gasteiger partial charge in [0.25, 0.3) is 0 Å². The van der Waals surface area contributed by atoms with Gasteiger partial charge in [0, 0.05) is 11.1 Å². The van der Waals surface area contributed by atoms with Crippen molar-refractivity contribution in [3.63, 3.8) is 0 Å². The molecule has 4 saturated carbocycles. The second-order valence-corrected chi connectivity index (χ2v) is 10.6. The van der Waals surface area contributed by atoms with Crippen LogP contribution in [0.25, 0.3) is 22.5 Å². The van der Waals surface area contributed by atoms with E-state index in [0.717, 1.165) is 30.4 Å². The van der Waals surface area contributed by atoms with Gasteiger partial charge in [-0.2, -0.15) is 0 Å². The van der Waals surface area contributed by atoms with Crippen LogP contribution in [-0.2, 0) is 9.53 Å². The van der Waals surface area contributed by atoms with E-state index >= 15 is 0 Å². The number of carbonyl (C=O) groups is 2. The summed E-state index contributed by atoms with van der Waals surface area (Å²) in [6, 6.07) is 19.4. The number of carbonyl (C=O) groups excluding carboxylic acids is 2. The third-order valence-electron chi connectivity index (χ3n) is 8.23. The highest BCUT2D eigenvalue weighted by atomic mass is 16.5. The van der Waals surface area contributed by atoms with Crippen LogP contribution in [0, 0.1) is 23.2 Å². The van der Waals surface area contributed by atoms with Crippen molar-refractivity contribution in [3.05, 3.63) is 66.2 Å². The second kappa shape index (κ2) is 8.71. The highest BCUT2D eigenvalue weighted by Gasteiger charge is 2.55. The normalized spacial score (nSPS) is 26.5. The van der Waals surface area contributed by atoms with Gasteiger partial charge in [0.05, 0.1) is 12.0 Å². The molecule has 1 N–H and O–H groups in total. The lowest BCUT2D eigenvalue weighted by molar-refractivity contribution is -0.140. The smallest absolute Gasteiger partial charge is 0.344 e. The Morgan fingerprint density at radius 1 is 0.886 bits per heavy atom. The molecule has 0 atom stereocenters. The lowest BCUT2D eigenvalue weighted by Crippen LogP contribution is -2.51. The molecule has 4 bridgehead atoms. The van der Waals surface area contributed by atoms with Gasteiger partial charge in [-0.1, -0.05) is 60.7 Å². The molecule has 0 spiro atoms. The standard InChI is InChI=1S/C30H31NO4/c1-2-34-28(32)25-24(22-9-5-3-6-10-22)26(23-11-7-4-8-12-23)35-27(25)31-29(33)30-16-19-13-20(17-30)15-21(14-19)18-30/h3-12,19-21H,2,13-18H2,1H3,(H,31,33). The molecule has 3 aromatic rings. The predicted octanol–water partition coefficient (Wildman–Crippen LogP) is 6.95. The summed E-state index contributed by atoms with van der Waals surface area (Å²) >= 11 is 0. The number of hydrogen-bond acceptors (Lipinski definition) is 4. The van der Waals surface area contributed by atoms with E-state index in [1.807, 2.05) is 60.7 Å². The van der Waals surface area contributed by atoms with Crippen LogP contribution in [0.4, 0.5) is 5.88 Å². The monoisotopic (exact) mass is 469 g/mol. The molecule has 5 heteroatoms. The van der Waals surface area contributed by atoms with Crippen LogP contribution in [0.2, 0.25) is 0 Å². The second-order valence-electron chi connectivity index (χ2n) is 10.6. The van der Waals surface area contributed by atoms with E-state index in [1.54, 1.807) is 6.92 Å². The average molecular weight is 470 g/mol. The van der Waals surface area contributed by atoms with E-state index in [9.17, 15) is 9.59 Å². The van der Waals surface area contributed by atoms with Crippen molar-refractivity contribution in [1.82, 2.24) is 0 Å². The van der Waals surface area contributed by atoms with E-state index in [1.165, 1.54) is 19.3 Å². The molecule has 7 rings (SSSR count). The predicted molar refractivity (Wildman–Crippen MR) is 135 cm³/mol. The van der Waals surface area contributed by atoms with Crippen molar-refractivity contribution in [2.75, 3.05) is 11.9 Å². The third kappa shape index (κ3) is 3.87. The number of rotatable bonds is 6. The molecule has 5 nitrogen and oxygen atoms in total. The molecule has 4 aliphatic rings. The maximum Gasteiger partial charge on any atom is 0.344 e. The molecule has 0 aliphatic heterocycles. The first kappa shape index (κ1) is 22.1. The fourth-order valence-electron chi connectivity index (χ4n) is 7.21. The molecule has 0 radical (unpaired) electrons. The van der Waals surface area contributed by atoms with Crippen LogP contribution >= 0.6 is 0 Å². The summed E-state index contributed by atoms with van der Waals surface area (Å²) in [5.74, 6) is 2.20. The number of hydrogen-bond donors (Lipinski definition) is 1. The molecule has 4 fully saturated rings. The van der Waals surface area contributed by atoms with Gasteiger partial charge in [0.15, 0.2) is 0 Å². The van der Waals surface area contributed by atoms with Crippen molar-refractivity contribution in [3.8, 4) is 22.5 Å². The Labute approximate surface area is 205 Å². The summed E-state index contributed by atoms with van der Waals surface area (Å²) < 4.78 is 11.8. The molecule has 0 unspecified atom stereocenters. The SMILES string of the molecule is CCOC(=O)c1c(NC(=O)C23CC4CC(CC(C4)C2)C3)oc(-c2ccccc2)c1-c1ccccc1. The lowest BCUT2D eigenvalue weighted by atomic mass is 9.49. The number of furan rings is 1. The van der Waals surface area contributed by atoms with E-state index in [2.05, 4.69) is 5.32 Å². The quantitative estimate of drug-likeness (QED) is 0.397. The van der Waals surface area contributed by atoms with Crippen molar-refractivity contribution < 1.29 is 18.7 Å².